The van der Waals surface area contributed by atoms with Crippen molar-refractivity contribution in [3.63, 3.8) is 0 Å². The van der Waals surface area contributed by atoms with Crippen LogP contribution in [0.2, 0.25) is 0 Å². The summed E-state index contributed by atoms with van der Waals surface area (Å²) in [6, 6.07) is 7.34. The lowest BCUT2D eigenvalue weighted by atomic mass is 9.86. The van der Waals surface area contributed by atoms with Gasteiger partial charge < -0.3 is 4.74 Å². The van der Waals surface area contributed by atoms with E-state index in [0.717, 1.165) is 11.3 Å². The summed E-state index contributed by atoms with van der Waals surface area (Å²) in [6.45, 7) is 9.73. The lowest BCUT2D eigenvalue weighted by molar-refractivity contribution is 0.0858. The molecule has 0 radical (unpaired) electrons. The maximum atomic E-state index is 12.0. The molecule has 2 heteroatoms. The van der Waals surface area contributed by atoms with Gasteiger partial charge in [0.15, 0.2) is 5.78 Å². The number of carbonyl (C=O) groups excluding carboxylic acids is 1. The zero-order valence-corrected chi connectivity index (χ0v) is 10.7. The Hall–Kier alpha value is -1.31. The van der Waals surface area contributed by atoms with E-state index < -0.39 is 0 Å². The Balaban J connectivity index is 2.83. The van der Waals surface area contributed by atoms with Crippen LogP contribution in [-0.2, 0) is 0 Å². The van der Waals surface area contributed by atoms with Crippen molar-refractivity contribution < 1.29 is 9.53 Å². The van der Waals surface area contributed by atoms with Crippen LogP contribution in [0, 0.1) is 5.41 Å². The van der Waals surface area contributed by atoms with Gasteiger partial charge >= 0.3 is 0 Å². The van der Waals surface area contributed by atoms with E-state index in [1.807, 2.05) is 58.9 Å². The normalized spacial score (nSPS) is 11.6. The molecule has 16 heavy (non-hydrogen) atoms. The van der Waals surface area contributed by atoms with Crippen molar-refractivity contribution in [1.29, 1.82) is 0 Å². The third kappa shape index (κ3) is 3.37. The van der Waals surface area contributed by atoms with Crippen LogP contribution in [0.4, 0.5) is 0 Å². The van der Waals surface area contributed by atoms with Gasteiger partial charge in [-0.2, -0.15) is 0 Å². The Morgan fingerprint density at radius 2 is 1.62 bits per heavy atom. The van der Waals surface area contributed by atoms with Crippen LogP contribution in [0.1, 0.15) is 45.0 Å². The molecule has 0 aliphatic rings. The van der Waals surface area contributed by atoms with E-state index in [0.29, 0.717) is 0 Å². The highest BCUT2D eigenvalue weighted by Gasteiger charge is 2.22. The first-order chi connectivity index (χ1) is 7.30. The van der Waals surface area contributed by atoms with E-state index in [1.54, 1.807) is 0 Å². The van der Waals surface area contributed by atoms with Crippen molar-refractivity contribution in [2.24, 2.45) is 5.41 Å². The number of Topliss-reactive ketones (excluding diaryl/α,β-unsaturated/α-hetero) is 1. The minimum absolute atomic E-state index is 0.156. The average molecular weight is 220 g/mol. The second-order valence-corrected chi connectivity index (χ2v) is 5.27. The van der Waals surface area contributed by atoms with Crippen molar-refractivity contribution >= 4 is 5.78 Å². The number of carbonyl (C=O) groups is 1. The van der Waals surface area contributed by atoms with E-state index in [4.69, 9.17) is 4.74 Å². The van der Waals surface area contributed by atoms with Gasteiger partial charge in [-0.25, -0.2) is 0 Å². The molecular formula is C14H20O2. The Kier molecular flexibility index (Phi) is 3.74. The molecule has 0 aliphatic carbocycles. The van der Waals surface area contributed by atoms with Crippen LogP contribution < -0.4 is 4.74 Å². The molecule has 1 aromatic carbocycles. The van der Waals surface area contributed by atoms with Gasteiger partial charge in [0.1, 0.15) is 5.75 Å². The Morgan fingerprint density at radius 1 is 1.12 bits per heavy atom. The largest absolute Gasteiger partial charge is 0.491 e. The zero-order valence-electron chi connectivity index (χ0n) is 10.7. The second kappa shape index (κ2) is 4.69. The predicted octanol–water partition coefficient (Wildman–Crippen LogP) is 3.70. The molecule has 0 saturated heterocycles. The fraction of sp³-hybridized carbons (Fsp3) is 0.500. The van der Waals surface area contributed by atoms with Gasteiger partial charge in [0, 0.05) is 11.0 Å². The van der Waals surface area contributed by atoms with Crippen LogP contribution in [0.15, 0.2) is 24.3 Å². The molecule has 0 aliphatic heterocycles. The number of ether oxygens (including phenoxy) is 1. The predicted molar refractivity (Wildman–Crippen MR) is 66.0 cm³/mol. The highest BCUT2D eigenvalue weighted by atomic mass is 16.5. The van der Waals surface area contributed by atoms with Gasteiger partial charge in [-0.15, -0.1) is 0 Å². The van der Waals surface area contributed by atoms with Crippen molar-refractivity contribution in [1.82, 2.24) is 0 Å². The summed E-state index contributed by atoms with van der Waals surface area (Å²) in [6.07, 6.45) is 0.157. The van der Waals surface area contributed by atoms with Crippen LogP contribution in [0.5, 0.6) is 5.75 Å². The van der Waals surface area contributed by atoms with Gasteiger partial charge in [0.05, 0.1) is 6.10 Å². The summed E-state index contributed by atoms with van der Waals surface area (Å²) < 4.78 is 5.52. The maximum absolute atomic E-state index is 12.0. The molecule has 0 atom stereocenters. The highest BCUT2D eigenvalue weighted by Crippen LogP contribution is 2.22. The Labute approximate surface area is 97.6 Å². The molecule has 88 valence electrons. The van der Waals surface area contributed by atoms with Crippen molar-refractivity contribution in [2.75, 3.05) is 0 Å². The summed E-state index contributed by atoms with van der Waals surface area (Å²) >= 11 is 0. The molecule has 0 aromatic heterocycles. The Morgan fingerprint density at radius 3 is 2.00 bits per heavy atom. The zero-order chi connectivity index (χ0) is 12.3. The molecule has 0 bridgehead atoms. The van der Waals surface area contributed by atoms with E-state index in [1.165, 1.54) is 0 Å². The number of ketones is 1. The standard InChI is InChI=1S/C14H20O2/c1-10(2)16-12-8-6-11(7-9-12)13(15)14(3,4)5/h6-10H,1-5H3. The molecule has 0 saturated carbocycles. The number of benzene rings is 1. The molecule has 0 N–H and O–H groups in total. The number of hydrogen-bond acceptors (Lipinski definition) is 2. The highest BCUT2D eigenvalue weighted by molar-refractivity contribution is 5.99. The van der Waals surface area contributed by atoms with E-state index in [2.05, 4.69) is 0 Å². The van der Waals surface area contributed by atoms with Crippen molar-refractivity contribution in [3.8, 4) is 5.75 Å². The summed E-state index contributed by atoms with van der Waals surface area (Å²) in [5.74, 6) is 0.962. The summed E-state index contributed by atoms with van der Waals surface area (Å²) in [5, 5.41) is 0. The van der Waals surface area contributed by atoms with Crippen LogP contribution in [0.3, 0.4) is 0 Å². The summed E-state index contributed by atoms with van der Waals surface area (Å²) in [5.41, 5.74) is 0.407. The summed E-state index contributed by atoms with van der Waals surface area (Å²) in [4.78, 5) is 12.0. The number of hydrogen-bond donors (Lipinski definition) is 0. The monoisotopic (exact) mass is 220 g/mol. The molecule has 0 heterocycles. The molecular weight excluding hydrogens is 200 g/mol. The molecule has 0 fully saturated rings. The molecule has 0 spiro atoms. The van der Waals surface area contributed by atoms with Crippen LogP contribution in [-0.4, -0.2) is 11.9 Å². The van der Waals surface area contributed by atoms with E-state index in [9.17, 15) is 4.79 Å². The first-order valence-electron chi connectivity index (χ1n) is 5.62. The molecule has 1 rings (SSSR count). The second-order valence-electron chi connectivity index (χ2n) is 5.27. The van der Waals surface area contributed by atoms with Gasteiger partial charge in [-0.1, -0.05) is 20.8 Å². The van der Waals surface area contributed by atoms with Crippen LogP contribution >= 0.6 is 0 Å². The third-order valence-electron chi connectivity index (χ3n) is 2.17. The van der Waals surface area contributed by atoms with E-state index in [-0.39, 0.29) is 17.3 Å². The summed E-state index contributed by atoms with van der Waals surface area (Å²) in [7, 11) is 0. The fourth-order valence-corrected chi connectivity index (χ4v) is 1.39. The van der Waals surface area contributed by atoms with Gasteiger partial charge in [-0.3, -0.25) is 4.79 Å². The van der Waals surface area contributed by atoms with Crippen LogP contribution in [0.25, 0.3) is 0 Å². The van der Waals surface area contributed by atoms with Crippen molar-refractivity contribution in [2.45, 2.75) is 40.7 Å². The van der Waals surface area contributed by atoms with Gasteiger partial charge in [0.25, 0.3) is 0 Å². The molecule has 0 unspecified atom stereocenters. The van der Waals surface area contributed by atoms with Crippen molar-refractivity contribution in [3.05, 3.63) is 29.8 Å². The lowest BCUT2D eigenvalue weighted by Gasteiger charge is -2.17. The van der Waals surface area contributed by atoms with Gasteiger partial charge in [0.2, 0.25) is 0 Å². The lowest BCUT2D eigenvalue weighted by Crippen LogP contribution is -2.20. The maximum Gasteiger partial charge on any atom is 0.168 e. The molecule has 0 amide bonds. The first kappa shape index (κ1) is 12.8. The SMILES string of the molecule is CC(C)Oc1ccc(C(=O)C(C)(C)C)cc1. The quantitative estimate of drug-likeness (QED) is 0.726. The molecule has 2 nitrogen and oxygen atoms in total. The van der Waals surface area contributed by atoms with E-state index >= 15 is 0 Å². The minimum Gasteiger partial charge on any atom is -0.491 e. The smallest absolute Gasteiger partial charge is 0.168 e. The fourth-order valence-electron chi connectivity index (χ4n) is 1.39. The van der Waals surface area contributed by atoms with Gasteiger partial charge in [-0.05, 0) is 38.1 Å². The Bertz CT molecular complexity index is 355. The molecule has 1 aromatic rings. The first-order valence-corrected chi connectivity index (χ1v) is 5.62. The third-order valence-corrected chi connectivity index (χ3v) is 2.17. The topological polar surface area (TPSA) is 26.3 Å². The number of rotatable bonds is 3. The minimum atomic E-state index is -0.333. The average Bonchev–Trinajstić information content (AvgIpc) is 2.15.